The van der Waals surface area contributed by atoms with Crippen LogP contribution < -0.4 is 15.5 Å². The van der Waals surface area contributed by atoms with Gasteiger partial charge in [-0.2, -0.15) is 4.37 Å². The topological polar surface area (TPSA) is 86.3 Å². The molecule has 5 rings (SSSR count). The lowest BCUT2D eigenvalue weighted by Crippen LogP contribution is -2.38. The predicted octanol–water partition coefficient (Wildman–Crippen LogP) is 4.84. The van der Waals surface area contributed by atoms with Crippen LogP contribution in [0, 0.1) is 11.6 Å². The molecule has 1 fully saturated rings. The highest BCUT2D eigenvalue weighted by molar-refractivity contribution is 7.10. The van der Waals surface area contributed by atoms with Crippen LogP contribution in [0.2, 0.25) is 0 Å². The van der Waals surface area contributed by atoms with E-state index in [1.165, 1.54) is 6.07 Å². The molecule has 1 unspecified atom stereocenters. The Kier molecular flexibility index (Phi) is 5.80. The van der Waals surface area contributed by atoms with Gasteiger partial charge in [0.05, 0.1) is 23.7 Å². The Labute approximate surface area is 200 Å². The molecule has 0 spiro atoms. The van der Waals surface area contributed by atoms with E-state index in [9.17, 15) is 13.6 Å². The summed E-state index contributed by atoms with van der Waals surface area (Å²) in [4.78, 5) is 24.7. The minimum absolute atomic E-state index is 0.0136. The first-order valence-corrected chi connectivity index (χ1v) is 12.0. The summed E-state index contributed by atoms with van der Waals surface area (Å²) in [7, 11) is 0. The number of amides is 1. The van der Waals surface area contributed by atoms with Crippen LogP contribution in [0.5, 0.6) is 0 Å². The average Bonchev–Trinajstić information content (AvgIpc) is 3.54. The van der Waals surface area contributed by atoms with E-state index < -0.39 is 11.6 Å². The van der Waals surface area contributed by atoms with E-state index in [0.717, 1.165) is 43.7 Å². The molecule has 0 saturated carbocycles. The van der Waals surface area contributed by atoms with Crippen molar-refractivity contribution < 1.29 is 13.6 Å². The fourth-order valence-corrected chi connectivity index (χ4v) is 5.17. The molecule has 11 heteroatoms. The number of anilines is 4. The van der Waals surface area contributed by atoms with Gasteiger partial charge in [0.1, 0.15) is 22.2 Å². The lowest BCUT2D eigenvalue weighted by Gasteiger charge is -2.28. The third kappa shape index (κ3) is 4.04. The van der Waals surface area contributed by atoms with Gasteiger partial charge < -0.3 is 20.4 Å². The van der Waals surface area contributed by atoms with Gasteiger partial charge in [-0.05, 0) is 57.3 Å². The van der Waals surface area contributed by atoms with Crippen molar-refractivity contribution in [2.24, 2.45) is 0 Å². The van der Waals surface area contributed by atoms with Crippen LogP contribution in [0.1, 0.15) is 44.1 Å². The van der Waals surface area contributed by atoms with Crippen molar-refractivity contribution in [3.05, 3.63) is 41.7 Å². The molecule has 1 saturated heterocycles. The molecule has 2 aliphatic heterocycles. The molecule has 1 aromatic carbocycles. The van der Waals surface area contributed by atoms with Gasteiger partial charge in [0, 0.05) is 30.8 Å². The monoisotopic (exact) mass is 485 g/mol. The molecule has 4 heterocycles. The number of likely N-dealkylation sites (tertiary alicyclic amines) is 1. The zero-order valence-corrected chi connectivity index (χ0v) is 19.9. The van der Waals surface area contributed by atoms with Gasteiger partial charge in [-0.25, -0.2) is 18.7 Å². The first-order valence-electron chi connectivity index (χ1n) is 11.3. The summed E-state index contributed by atoms with van der Waals surface area (Å²) in [5.74, 6) is -1.10. The van der Waals surface area contributed by atoms with Gasteiger partial charge >= 0.3 is 0 Å². The minimum atomic E-state index is -0.658. The molecule has 178 valence electrons. The van der Waals surface area contributed by atoms with Crippen LogP contribution in [-0.4, -0.2) is 50.4 Å². The number of nitrogens with zero attached hydrogens (tertiary/aromatic N) is 5. The second kappa shape index (κ2) is 8.79. The van der Waals surface area contributed by atoms with Gasteiger partial charge in [-0.15, -0.1) is 0 Å². The second-order valence-corrected chi connectivity index (χ2v) is 9.57. The summed E-state index contributed by atoms with van der Waals surface area (Å²) in [5, 5.41) is 6.69. The fraction of sp³-hybridized carbons (Fsp3) is 0.391. The summed E-state index contributed by atoms with van der Waals surface area (Å²) in [6, 6.07) is 4.77. The molecule has 34 heavy (non-hydrogen) atoms. The van der Waals surface area contributed by atoms with Gasteiger partial charge in [0.25, 0.3) is 5.91 Å². The molecule has 1 amide bonds. The third-order valence-electron chi connectivity index (χ3n) is 6.05. The molecule has 2 N–H and O–H groups in total. The maximum atomic E-state index is 14.9. The van der Waals surface area contributed by atoms with Crippen molar-refractivity contribution in [2.45, 2.75) is 45.8 Å². The normalized spacial score (nSPS) is 17.3. The molecule has 1 atom stereocenters. The van der Waals surface area contributed by atoms with Crippen LogP contribution in [-0.2, 0) is 0 Å². The van der Waals surface area contributed by atoms with E-state index in [2.05, 4.69) is 25.0 Å². The number of hydrogen-bond donors (Lipinski definition) is 2. The van der Waals surface area contributed by atoms with Crippen LogP contribution in [0.4, 0.5) is 31.1 Å². The van der Waals surface area contributed by atoms with E-state index >= 15 is 0 Å². The third-order valence-corrected chi connectivity index (χ3v) is 6.75. The van der Waals surface area contributed by atoms with E-state index in [1.54, 1.807) is 17.0 Å². The van der Waals surface area contributed by atoms with Crippen molar-refractivity contribution in [3.8, 4) is 11.3 Å². The summed E-state index contributed by atoms with van der Waals surface area (Å²) < 4.78 is 33.9. The van der Waals surface area contributed by atoms with Crippen LogP contribution in [0.15, 0.2) is 24.4 Å². The summed E-state index contributed by atoms with van der Waals surface area (Å²) >= 11 is 1.10. The average molecular weight is 486 g/mol. The Bertz CT molecular complexity index is 1240. The van der Waals surface area contributed by atoms with Gasteiger partial charge in [-0.1, -0.05) is 0 Å². The van der Waals surface area contributed by atoms with Crippen LogP contribution in [0.3, 0.4) is 0 Å². The molecule has 0 bridgehead atoms. The number of aromatic nitrogens is 3. The largest absolute Gasteiger partial charge is 0.361 e. The maximum absolute atomic E-state index is 14.9. The SMILES string of the molecule is CC(C)N1c2cc(-c3nc(Nc4cc(C(=O)N5CCCC5)ns4)ncc3F)cc(F)c2NC1C. The molecular weight excluding hydrogens is 460 g/mol. The Morgan fingerprint density at radius 1 is 1.21 bits per heavy atom. The molecular formula is C23H25F2N7OS. The van der Waals surface area contributed by atoms with Crippen molar-refractivity contribution in [2.75, 3.05) is 28.6 Å². The Balaban J connectivity index is 1.42. The number of rotatable bonds is 5. The number of carbonyl (C=O) groups is 1. The van der Waals surface area contributed by atoms with Crippen LogP contribution >= 0.6 is 11.5 Å². The molecule has 2 aromatic heterocycles. The van der Waals surface area contributed by atoms with E-state index in [1.807, 2.05) is 25.7 Å². The lowest BCUT2D eigenvalue weighted by molar-refractivity contribution is 0.0788. The van der Waals surface area contributed by atoms with E-state index in [4.69, 9.17) is 0 Å². The highest BCUT2D eigenvalue weighted by Gasteiger charge is 2.31. The highest BCUT2D eigenvalue weighted by Crippen LogP contribution is 2.41. The number of benzene rings is 1. The first kappa shape index (κ1) is 22.5. The van der Waals surface area contributed by atoms with Crippen molar-refractivity contribution in [1.82, 2.24) is 19.2 Å². The van der Waals surface area contributed by atoms with Crippen LogP contribution in [0.25, 0.3) is 11.3 Å². The minimum Gasteiger partial charge on any atom is -0.361 e. The first-order chi connectivity index (χ1) is 16.3. The van der Waals surface area contributed by atoms with Gasteiger partial charge in [0.15, 0.2) is 5.82 Å². The predicted molar refractivity (Wildman–Crippen MR) is 129 cm³/mol. The Hall–Kier alpha value is -3.34. The van der Waals surface area contributed by atoms with E-state index in [0.29, 0.717) is 27.6 Å². The van der Waals surface area contributed by atoms with Crippen molar-refractivity contribution in [1.29, 1.82) is 0 Å². The Morgan fingerprint density at radius 3 is 2.71 bits per heavy atom. The van der Waals surface area contributed by atoms with Crippen molar-refractivity contribution >= 4 is 39.8 Å². The van der Waals surface area contributed by atoms with Crippen molar-refractivity contribution in [3.63, 3.8) is 0 Å². The van der Waals surface area contributed by atoms with Gasteiger partial charge in [-0.3, -0.25) is 4.79 Å². The van der Waals surface area contributed by atoms with Gasteiger partial charge in [0.2, 0.25) is 5.95 Å². The number of fused-ring (bicyclic) bond motifs is 1. The number of halogens is 2. The molecule has 8 nitrogen and oxygen atoms in total. The number of carbonyl (C=O) groups excluding carboxylic acids is 1. The number of nitrogens with one attached hydrogen (secondary N) is 2. The standard InChI is InChI=1S/C23H25F2N7OS/c1-12(2)32-13(3)27-21-15(24)8-14(9-18(21)32)20-16(25)11-26-23(29-20)28-19-10-17(30-34-19)22(33)31-6-4-5-7-31/h8-13,27H,4-7H2,1-3H3,(H,26,28,29). The maximum Gasteiger partial charge on any atom is 0.273 e. The quantitative estimate of drug-likeness (QED) is 0.535. The Morgan fingerprint density at radius 2 is 1.97 bits per heavy atom. The molecule has 2 aliphatic rings. The smallest absolute Gasteiger partial charge is 0.273 e. The zero-order valence-electron chi connectivity index (χ0n) is 19.1. The molecule has 3 aromatic rings. The lowest BCUT2D eigenvalue weighted by atomic mass is 10.1. The fourth-order valence-electron chi connectivity index (χ4n) is 4.54. The summed E-state index contributed by atoms with van der Waals surface area (Å²) in [5.41, 5.74) is 1.72. The second-order valence-electron chi connectivity index (χ2n) is 8.76. The zero-order chi connectivity index (χ0) is 24.0. The molecule has 0 radical (unpaired) electrons. The summed E-state index contributed by atoms with van der Waals surface area (Å²) in [6.45, 7) is 7.46. The van der Waals surface area contributed by atoms with E-state index in [-0.39, 0.29) is 29.8 Å². The summed E-state index contributed by atoms with van der Waals surface area (Å²) in [6.07, 6.45) is 2.96. The molecule has 0 aliphatic carbocycles. The number of hydrogen-bond acceptors (Lipinski definition) is 8. The highest BCUT2D eigenvalue weighted by atomic mass is 32.1.